The maximum atomic E-state index is 11.4. The topological polar surface area (TPSA) is 95.5 Å². The zero-order chi connectivity index (χ0) is 16.0. The van der Waals surface area contributed by atoms with E-state index in [1.165, 1.54) is 38.5 Å². The molecular formula is C14H28AgNO5S. The minimum atomic E-state index is -4.66. The molecule has 0 aromatic heterocycles. The van der Waals surface area contributed by atoms with E-state index in [0.29, 0.717) is 6.42 Å². The van der Waals surface area contributed by atoms with Gasteiger partial charge in [0.25, 0.3) is 0 Å². The first-order valence-electron chi connectivity index (χ1n) is 7.82. The molecule has 0 radical (unpaired) electrons. The summed E-state index contributed by atoms with van der Waals surface area (Å²) >= 11 is 0. The zero-order valence-corrected chi connectivity index (χ0v) is 15.5. The standard InChI is InChI=1S/C14H29NO5S.Ag/c1-2-3-4-5-6-7-8-9-10-11-14(16)15-12-13-20-21(17,18)19;/h2-13H2,1H3,(H,15,16)(H,17,18,19);/q;+1/p-1. The van der Waals surface area contributed by atoms with Crippen molar-refractivity contribution in [3.05, 3.63) is 0 Å². The van der Waals surface area contributed by atoms with Crippen LogP contribution < -0.4 is 5.32 Å². The van der Waals surface area contributed by atoms with E-state index in [1.807, 2.05) is 0 Å². The molecule has 0 aromatic rings. The summed E-state index contributed by atoms with van der Waals surface area (Å²) in [6, 6.07) is 0. The first-order chi connectivity index (χ1) is 9.95. The number of carbonyl (C=O) groups excluding carboxylic acids is 1. The van der Waals surface area contributed by atoms with Gasteiger partial charge in [-0.25, -0.2) is 8.42 Å². The van der Waals surface area contributed by atoms with Crippen molar-refractivity contribution in [3.63, 3.8) is 0 Å². The van der Waals surface area contributed by atoms with Gasteiger partial charge in [0.05, 0.1) is 6.61 Å². The molecule has 0 saturated heterocycles. The summed E-state index contributed by atoms with van der Waals surface area (Å²) in [7, 11) is -4.66. The summed E-state index contributed by atoms with van der Waals surface area (Å²) in [5.74, 6) is -0.134. The Hall–Kier alpha value is 0.0803. The van der Waals surface area contributed by atoms with Crippen molar-refractivity contribution in [2.24, 2.45) is 0 Å². The molecule has 6 nitrogen and oxygen atoms in total. The van der Waals surface area contributed by atoms with Crippen molar-refractivity contribution in [2.75, 3.05) is 13.2 Å². The molecule has 0 aliphatic heterocycles. The molecule has 1 N–H and O–H groups in total. The molecule has 0 unspecified atom stereocenters. The molecule has 0 aromatic carbocycles. The summed E-state index contributed by atoms with van der Waals surface area (Å²) in [4.78, 5) is 11.4. The maximum absolute atomic E-state index is 11.4. The Kier molecular flexibility index (Phi) is 17.6. The van der Waals surface area contributed by atoms with Gasteiger partial charge in [-0.05, 0) is 6.42 Å². The number of hydrogen-bond donors (Lipinski definition) is 1. The van der Waals surface area contributed by atoms with Crippen LogP contribution in [0.3, 0.4) is 0 Å². The van der Waals surface area contributed by atoms with Crippen LogP contribution in [0.15, 0.2) is 0 Å². The Morgan fingerprint density at radius 1 is 1.00 bits per heavy atom. The molecule has 8 heteroatoms. The van der Waals surface area contributed by atoms with Gasteiger partial charge in [0.1, 0.15) is 0 Å². The van der Waals surface area contributed by atoms with Crippen molar-refractivity contribution in [2.45, 2.75) is 71.1 Å². The molecule has 0 rings (SSSR count). The minimum absolute atomic E-state index is 0. The summed E-state index contributed by atoms with van der Waals surface area (Å²) in [6.07, 6.45) is 11.1. The molecule has 0 heterocycles. The summed E-state index contributed by atoms with van der Waals surface area (Å²) in [5, 5.41) is 2.51. The van der Waals surface area contributed by atoms with Crippen LogP contribution >= 0.6 is 0 Å². The average Bonchev–Trinajstić information content (AvgIpc) is 2.41. The SMILES string of the molecule is CCCCCCCCCCCC(=O)NCCOS(=O)(=O)[O-].[Ag+]. The van der Waals surface area contributed by atoms with Crippen molar-refractivity contribution in [1.82, 2.24) is 5.32 Å². The molecule has 0 aliphatic rings. The third-order valence-corrected chi connectivity index (χ3v) is 3.61. The molecule has 0 aliphatic carbocycles. The van der Waals surface area contributed by atoms with Crippen molar-refractivity contribution in [1.29, 1.82) is 0 Å². The molecule has 0 atom stereocenters. The normalized spacial score (nSPS) is 11.0. The van der Waals surface area contributed by atoms with E-state index >= 15 is 0 Å². The van der Waals surface area contributed by atoms with Crippen LogP contribution in [0.5, 0.6) is 0 Å². The predicted octanol–water partition coefficient (Wildman–Crippen LogP) is 2.50. The predicted molar refractivity (Wildman–Crippen MR) is 80.5 cm³/mol. The van der Waals surface area contributed by atoms with Crippen LogP contribution in [0.4, 0.5) is 0 Å². The van der Waals surface area contributed by atoms with Crippen LogP contribution in [0.2, 0.25) is 0 Å². The molecule has 0 fully saturated rings. The largest absolute Gasteiger partial charge is 1.00 e. The fourth-order valence-corrected chi connectivity index (χ4v) is 2.31. The third-order valence-electron chi connectivity index (χ3n) is 3.16. The molecule has 1 amide bonds. The smallest absolute Gasteiger partial charge is 0.726 e. The van der Waals surface area contributed by atoms with Gasteiger partial charge in [-0.3, -0.25) is 8.98 Å². The second kappa shape index (κ2) is 16.0. The number of hydrogen-bond acceptors (Lipinski definition) is 5. The monoisotopic (exact) mass is 429 g/mol. The van der Waals surface area contributed by atoms with Crippen molar-refractivity contribution >= 4 is 16.3 Å². The molecule has 0 bridgehead atoms. The van der Waals surface area contributed by atoms with Gasteiger partial charge in [-0.15, -0.1) is 0 Å². The number of carbonyl (C=O) groups is 1. The van der Waals surface area contributed by atoms with Gasteiger partial charge < -0.3 is 9.87 Å². The van der Waals surface area contributed by atoms with Gasteiger partial charge in [-0.2, -0.15) is 0 Å². The number of rotatable bonds is 14. The molecule has 136 valence electrons. The molecular weight excluding hydrogens is 402 g/mol. The average molecular weight is 430 g/mol. The Bertz CT molecular complexity index is 362. The first kappa shape index (κ1) is 24.3. The van der Waals surface area contributed by atoms with Crippen LogP contribution in [-0.2, 0) is 41.8 Å². The summed E-state index contributed by atoms with van der Waals surface area (Å²) in [5.41, 5.74) is 0. The van der Waals surface area contributed by atoms with Crippen LogP contribution in [0, 0.1) is 0 Å². The van der Waals surface area contributed by atoms with Gasteiger partial charge in [-0.1, -0.05) is 58.3 Å². The van der Waals surface area contributed by atoms with E-state index in [0.717, 1.165) is 19.3 Å². The van der Waals surface area contributed by atoms with Gasteiger partial charge in [0, 0.05) is 13.0 Å². The Morgan fingerprint density at radius 3 is 2.00 bits per heavy atom. The fourth-order valence-electron chi connectivity index (χ4n) is 2.02. The quantitative estimate of drug-likeness (QED) is 0.198. The molecule has 22 heavy (non-hydrogen) atoms. The Labute approximate surface area is 150 Å². The van der Waals surface area contributed by atoms with E-state index in [2.05, 4.69) is 16.4 Å². The summed E-state index contributed by atoms with van der Waals surface area (Å²) < 4.78 is 34.4. The van der Waals surface area contributed by atoms with Gasteiger partial charge in [0.2, 0.25) is 16.3 Å². The molecule has 0 spiro atoms. The Balaban J connectivity index is 0. The van der Waals surface area contributed by atoms with E-state index in [9.17, 15) is 17.8 Å². The van der Waals surface area contributed by atoms with Gasteiger partial charge >= 0.3 is 22.4 Å². The van der Waals surface area contributed by atoms with E-state index < -0.39 is 10.4 Å². The summed E-state index contributed by atoms with van der Waals surface area (Å²) in [6.45, 7) is 1.93. The van der Waals surface area contributed by atoms with E-state index in [-0.39, 0.29) is 41.4 Å². The van der Waals surface area contributed by atoms with Crippen LogP contribution in [0.1, 0.15) is 71.1 Å². The second-order valence-electron chi connectivity index (χ2n) is 5.16. The van der Waals surface area contributed by atoms with Gasteiger partial charge in [0.15, 0.2) is 0 Å². The van der Waals surface area contributed by atoms with E-state index in [4.69, 9.17) is 0 Å². The van der Waals surface area contributed by atoms with Crippen molar-refractivity contribution < 1.29 is 44.3 Å². The zero-order valence-electron chi connectivity index (χ0n) is 13.2. The molecule has 0 saturated carbocycles. The number of unbranched alkanes of at least 4 members (excludes halogenated alkanes) is 8. The third kappa shape index (κ3) is 20.1. The number of amides is 1. The number of nitrogens with one attached hydrogen (secondary N) is 1. The first-order valence-corrected chi connectivity index (χ1v) is 9.16. The second-order valence-corrected chi connectivity index (χ2v) is 6.21. The van der Waals surface area contributed by atoms with Crippen LogP contribution in [-0.4, -0.2) is 32.0 Å². The Morgan fingerprint density at radius 2 is 1.50 bits per heavy atom. The minimum Gasteiger partial charge on any atom is -0.726 e. The van der Waals surface area contributed by atoms with E-state index in [1.54, 1.807) is 0 Å². The van der Waals surface area contributed by atoms with Crippen molar-refractivity contribution in [3.8, 4) is 0 Å². The maximum Gasteiger partial charge on any atom is 1.00 e. The fraction of sp³-hybridized carbons (Fsp3) is 0.929. The van der Waals surface area contributed by atoms with Crippen LogP contribution in [0.25, 0.3) is 0 Å².